The van der Waals surface area contributed by atoms with Gasteiger partial charge in [0.2, 0.25) is 0 Å². The maximum Gasteiger partial charge on any atom is 0.434 e. The fraction of sp³-hybridized carbons (Fsp3) is 0.360. The van der Waals surface area contributed by atoms with Gasteiger partial charge in [-0.2, -0.15) is 0 Å². The van der Waals surface area contributed by atoms with Crippen LogP contribution in [0.5, 0.6) is 0 Å². The van der Waals surface area contributed by atoms with E-state index in [2.05, 4.69) is 25.2 Å². The third kappa shape index (κ3) is 4.66. The number of halogens is 2. The van der Waals surface area contributed by atoms with Crippen molar-refractivity contribution in [3.05, 3.63) is 68.4 Å². The Morgan fingerprint density at radius 3 is 2.50 bits per heavy atom. The van der Waals surface area contributed by atoms with Crippen LogP contribution in [0.2, 0.25) is 10.0 Å². The maximum absolute atomic E-state index is 11.2. The van der Waals surface area contributed by atoms with E-state index in [0.29, 0.717) is 39.5 Å². The van der Waals surface area contributed by atoms with Gasteiger partial charge in [-0.1, -0.05) is 34.4 Å². The van der Waals surface area contributed by atoms with Crippen molar-refractivity contribution in [2.24, 2.45) is 0 Å². The van der Waals surface area contributed by atoms with E-state index in [0.717, 1.165) is 55.8 Å². The molecule has 9 nitrogen and oxygen atoms in total. The fourth-order valence-electron chi connectivity index (χ4n) is 4.57. The zero-order valence-electron chi connectivity index (χ0n) is 19.2. The van der Waals surface area contributed by atoms with E-state index >= 15 is 0 Å². The number of aromatic nitrogens is 4. The van der Waals surface area contributed by atoms with E-state index in [9.17, 15) is 4.79 Å². The molecule has 0 spiro atoms. The minimum absolute atomic E-state index is 0.114. The molecule has 2 aliphatic rings. The molecule has 4 aromatic rings. The topological polar surface area (TPSA) is 110 Å². The largest absolute Gasteiger partial charge is 0.434 e. The van der Waals surface area contributed by atoms with Gasteiger partial charge in [-0.05, 0) is 49.9 Å². The molecule has 0 bridgehead atoms. The number of benzene rings is 1. The van der Waals surface area contributed by atoms with Crippen molar-refractivity contribution >= 4 is 28.9 Å². The Morgan fingerprint density at radius 2 is 1.86 bits per heavy atom. The molecule has 0 amide bonds. The zero-order chi connectivity index (χ0) is 24.6. The Balaban J connectivity index is 1.11. The van der Waals surface area contributed by atoms with Crippen LogP contribution >= 0.6 is 23.2 Å². The molecule has 36 heavy (non-hydrogen) atoms. The van der Waals surface area contributed by atoms with Crippen LogP contribution in [0.3, 0.4) is 0 Å². The van der Waals surface area contributed by atoms with E-state index < -0.39 is 5.76 Å². The molecule has 0 radical (unpaired) electrons. The molecule has 3 aromatic heterocycles. The number of nitrogens with one attached hydrogen (secondary N) is 1. The Kier molecular flexibility index (Phi) is 6.29. The van der Waals surface area contributed by atoms with Crippen molar-refractivity contribution in [1.29, 1.82) is 0 Å². The van der Waals surface area contributed by atoms with Crippen LogP contribution in [0.15, 0.2) is 50.3 Å². The molecule has 1 aliphatic carbocycles. The van der Waals surface area contributed by atoms with Crippen molar-refractivity contribution in [3.8, 4) is 22.8 Å². The van der Waals surface area contributed by atoms with Crippen molar-refractivity contribution in [3.63, 3.8) is 0 Å². The molecule has 1 saturated heterocycles. The van der Waals surface area contributed by atoms with Crippen molar-refractivity contribution in [1.82, 2.24) is 20.3 Å². The first-order valence-corrected chi connectivity index (χ1v) is 12.6. The summed E-state index contributed by atoms with van der Waals surface area (Å²) in [6.07, 6.45) is 5.82. The second-order valence-electron chi connectivity index (χ2n) is 9.06. The number of aromatic amines is 1. The highest BCUT2D eigenvalue weighted by molar-refractivity contribution is 6.39. The van der Waals surface area contributed by atoms with Crippen LogP contribution in [-0.2, 0) is 11.3 Å². The molecule has 1 saturated carbocycles. The third-order valence-corrected chi connectivity index (χ3v) is 7.27. The summed E-state index contributed by atoms with van der Waals surface area (Å²) < 4.78 is 17.1. The molecule has 2 fully saturated rings. The van der Waals surface area contributed by atoms with Crippen molar-refractivity contribution < 1.29 is 13.7 Å². The van der Waals surface area contributed by atoms with E-state index in [4.69, 9.17) is 36.9 Å². The average molecular weight is 528 g/mol. The van der Waals surface area contributed by atoms with Gasteiger partial charge in [0.15, 0.2) is 0 Å². The van der Waals surface area contributed by atoms with E-state index in [1.54, 1.807) is 24.4 Å². The number of hydrogen-bond acceptors (Lipinski definition) is 8. The number of H-pyrrole nitrogens is 1. The number of rotatable bonds is 7. The Morgan fingerprint density at radius 1 is 1.08 bits per heavy atom. The van der Waals surface area contributed by atoms with E-state index in [-0.39, 0.29) is 12.0 Å². The van der Waals surface area contributed by atoms with Crippen LogP contribution < -0.4 is 10.7 Å². The molecule has 0 unspecified atom stereocenters. The van der Waals surface area contributed by atoms with Gasteiger partial charge in [-0.3, -0.25) is 0 Å². The first-order valence-electron chi connectivity index (χ1n) is 11.9. The predicted molar refractivity (Wildman–Crippen MR) is 134 cm³/mol. The van der Waals surface area contributed by atoms with E-state index in [1.807, 2.05) is 12.1 Å². The van der Waals surface area contributed by atoms with Crippen LogP contribution in [-0.4, -0.2) is 39.5 Å². The second kappa shape index (κ2) is 9.72. The van der Waals surface area contributed by atoms with Crippen LogP contribution in [0, 0.1) is 0 Å². The lowest BCUT2D eigenvalue weighted by atomic mass is 10.0. The monoisotopic (exact) mass is 527 g/mol. The molecule has 1 aliphatic heterocycles. The van der Waals surface area contributed by atoms with Crippen LogP contribution in [0.25, 0.3) is 22.8 Å². The van der Waals surface area contributed by atoms with Gasteiger partial charge in [0.25, 0.3) is 5.89 Å². The van der Waals surface area contributed by atoms with E-state index in [1.165, 1.54) is 0 Å². The lowest BCUT2D eigenvalue weighted by molar-refractivity contribution is 0.0246. The number of piperidine rings is 1. The number of pyridine rings is 1. The third-order valence-electron chi connectivity index (χ3n) is 6.64. The Hall–Kier alpha value is -3.14. The first-order chi connectivity index (χ1) is 17.6. The molecule has 0 atom stereocenters. The highest BCUT2D eigenvalue weighted by Crippen LogP contribution is 2.46. The normalized spacial score (nSPS) is 16.6. The number of ether oxygens (including phenoxy) is 1. The number of hydrogen-bond donors (Lipinski definition) is 1. The summed E-state index contributed by atoms with van der Waals surface area (Å²) in [6, 6.07) is 9.18. The molecular formula is C25H23Cl2N5O4. The first kappa shape index (κ1) is 23.3. The summed E-state index contributed by atoms with van der Waals surface area (Å²) in [7, 11) is 0. The highest BCUT2D eigenvalue weighted by atomic mass is 35.5. The molecule has 186 valence electrons. The van der Waals surface area contributed by atoms with Crippen molar-refractivity contribution in [2.75, 3.05) is 18.0 Å². The predicted octanol–water partition coefficient (Wildman–Crippen LogP) is 5.45. The highest BCUT2D eigenvalue weighted by Gasteiger charge is 2.34. The number of nitrogens with zero attached hydrogens (tertiary/aromatic N) is 4. The molecule has 6 rings (SSSR count). The molecule has 4 heterocycles. The van der Waals surface area contributed by atoms with Gasteiger partial charge in [0, 0.05) is 30.1 Å². The van der Waals surface area contributed by atoms with Gasteiger partial charge in [0.05, 0.1) is 34.6 Å². The Labute approximate surface area is 216 Å². The standard InChI is InChI=1S/C25H23Cl2N5O4/c26-18-2-1-3-19(27)21(18)22-17(23(36-31-22)14-4-5-14)13-34-16-8-10-32(11-9-16)15-6-7-20(28-12-15)24-29-30-25(33)35-24/h1-3,6-7,12,14,16H,4-5,8-11,13H2,(H,30,33). The summed E-state index contributed by atoms with van der Waals surface area (Å²) >= 11 is 12.9. The molecular weight excluding hydrogens is 505 g/mol. The maximum atomic E-state index is 11.2. The summed E-state index contributed by atoms with van der Waals surface area (Å²) in [5, 5.41) is 11.5. The smallest absolute Gasteiger partial charge is 0.386 e. The van der Waals surface area contributed by atoms with Crippen molar-refractivity contribution in [2.45, 2.75) is 44.3 Å². The summed E-state index contributed by atoms with van der Waals surface area (Å²) in [6.45, 7) is 2.08. The van der Waals surface area contributed by atoms with Gasteiger partial charge in [0.1, 0.15) is 17.1 Å². The van der Waals surface area contributed by atoms with Gasteiger partial charge >= 0.3 is 5.76 Å². The second-order valence-corrected chi connectivity index (χ2v) is 9.88. The Bertz CT molecular complexity index is 1400. The van der Waals surface area contributed by atoms with Crippen LogP contribution in [0.1, 0.15) is 42.9 Å². The minimum Gasteiger partial charge on any atom is -0.386 e. The fourth-order valence-corrected chi connectivity index (χ4v) is 5.15. The molecule has 11 heteroatoms. The summed E-state index contributed by atoms with van der Waals surface area (Å²) in [5.41, 5.74) is 3.81. The molecule has 1 N–H and O–H groups in total. The molecule has 1 aromatic carbocycles. The zero-order valence-corrected chi connectivity index (χ0v) is 20.8. The quantitative estimate of drug-likeness (QED) is 0.337. The lowest BCUT2D eigenvalue weighted by Crippen LogP contribution is -2.37. The average Bonchev–Trinajstić information content (AvgIpc) is 3.51. The minimum atomic E-state index is -0.601. The van der Waals surface area contributed by atoms with Gasteiger partial charge < -0.3 is 18.6 Å². The SMILES string of the molecule is O=c1[nH]nc(-c2ccc(N3CCC(OCc4c(-c5c(Cl)cccc5Cl)noc4C4CC4)CC3)cn2)o1. The lowest BCUT2D eigenvalue weighted by Gasteiger charge is -2.33. The summed E-state index contributed by atoms with van der Waals surface area (Å²) in [4.78, 5) is 17.8. The summed E-state index contributed by atoms with van der Waals surface area (Å²) in [5.74, 6) is 0.848. The van der Waals surface area contributed by atoms with Crippen LogP contribution in [0.4, 0.5) is 5.69 Å². The number of anilines is 1. The van der Waals surface area contributed by atoms with Gasteiger partial charge in [-0.15, -0.1) is 5.10 Å². The van der Waals surface area contributed by atoms with Gasteiger partial charge in [-0.25, -0.2) is 14.9 Å².